The van der Waals surface area contributed by atoms with E-state index in [-0.39, 0.29) is 31.2 Å². The number of hydrogen-bond donors (Lipinski definition) is 1. The summed E-state index contributed by atoms with van der Waals surface area (Å²) in [6.07, 6.45) is 0. The first-order chi connectivity index (χ1) is 9.97. The third-order valence-corrected chi connectivity index (χ3v) is 3.83. The molecule has 1 aromatic rings. The van der Waals surface area contributed by atoms with Crippen molar-refractivity contribution >= 4 is 23.5 Å². The number of hydrogen-bond acceptors (Lipinski definition) is 4. The minimum absolute atomic E-state index is 0.0480. The highest BCUT2D eigenvalue weighted by atomic mass is 35.5. The number of imide groups is 1. The molecule has 0 saturated carbocycles. The molecule has 2 aliphatic heterocycles. The second kappa shape index (κ2) is 5.11. The van der Waals surface area contributed by atoms with Crippen molar-refractivity contribution in [2.75, 3.05) is 6.79 Å². The lowest BCUT2D eigenvalue weighted by atomic mass is 10.0. The first-order valence-electron chi connectivity index (χ1n) is 6.67. The van der Waals surface area contributed by atoms with Crippen LogP contribution in [0.5, 0.6) is 11.5 Å². The summed E-state index contributed by atoms with van der Waals surface area (Å²) in [5.74, 6) is 0.859. The Kier molecular flexibility index (Phi) is 3.41. The van der Waals surface area contributed by atoms with E-state index in [9.17, 15) is 9.59 Å². The average Bonchev–Trinajstić information content (AvgIpc) is 2.98. The molecule has 2 aliphatic rings. The molecule has 0 spiro atoms. The average molecular weight is 311 g/mol. The van der Waals surface area contributed by atoms with Gasteiger partial charge in [0.2, 0.25) is 6.79 Å². The summed E-state index contributed by atoms with van der Waals surface area (Å²) in [6, 6.07) is 2.56. The van der Waals surface area contributed by atoms with Crippen molar-refractivity contribution in [2.24, 2.45) is 5.92 Å². The maximum Gasteiger partial charge on any atom is 0.325 e. The monoisotopic (exact) mass is 310 g/mol. The number of amides is 3. The molecular weight excluding hydrogens is 296 g/mol. The van der Waals surface area contributed by atoms with Crippen molar-refractivity contribution in [3.63, 3.8) is 0 Å². The Hall–Kier alpha value is -1.95. The van der Waals surface area contributed by atoms with E-state index in [0.717, 1.165) is 5.56 Å². The van der Waals surface area contributed by atoms with Gasteiger partial charge in [-0.2, -0.15) is 0 Å². The van der Waals surface area contributed by atoms with Crippen LogP contribution < -0.4 is 14.8 Å². The molecule has 0 unspecified atom stereocenters. The Morgan fingerprint density at radius 3 is 2.81 bits per heavy atom. The summed E-state index contributed by atoms with van der Waals surface area (Å²) < 4.78 is 10.5. The summed E-state index contributed by atoms with van der Waals surface area (Å²) in [5.41, 5.74) is 0.720. The zero-order chi connectivity index (χ0) is 15.1. The number of nitrogens with one attached hydrogen (secondary N) is 1. The molecule has 0 radical (unpaired) electrons. The van der Waals surface area contributed by atoms with Gasteiger partial charge in [-0.25, -0.2) is 4.79 Å². The first-order valence-corrected chi connectivity index (χ1v) is 7.05. The van der Waals surface area contributed by atoms with Gasteiger partial charge in [-0.1, -0.05) is 25.4 Å². The van der Waals surface area contributed by atoms with Crippen molar-refractivity contribution in [1.82, 2.24) is 10.2 Å². The van der Waals surface area contributed by atoms with E-state index in [1.165, 1.54) is 4.90 Å². The highest BCUT2D eigenvalue weighted by Crippen LogP contribution is 2.40. The predicted octanol–water partition coefficient (Wildman–Crippen LogP) is 2.15. The van der Waals surface area contributed by atoms with Crippen LogP contribution in [0.3, 0.4) is 0 Å². The standard InChI is InChI=1S/C14H15ClN2O4/c1-7(2)11-13(18)17(14(19)16-11)5-8-3-9(15)12-10(4-8)20-6-21-12/h3-4,7,11H,5-6H2,1-2H3,(H,16,19)/t11-/m1/s1. The van der Waals surface area contributed by atoms with Gasteiger partial charge in [-0.3, -0.25) is 9.69 Å². The molecule has 1 fully saturated rings. The summed E-state index contributed by atoms with van der Waals surface area (Å²) in [7, 11) is 0. The van der Waals surface area contributed by atoms with E-state index in [1.807, 2.05) is 13.8 Å². The zero-order valence-corrected chi connectivity index (χ0v) is 12.4. The van der Waals surface area contributed by atoms with E-state index in [0.29, 0.717) is 16.5 Å². The van der Waals surface area contributed by atoms with Gasteiger partial charge in [0.15, 0.2) is 11.5 Å². The number of urea groups is 1. The molecule has 1 aromatic carbocycles. The lowest BCUT2D eigenvalue weighted by Crippen LogP contribution is -2.34. The van der Waals surface area contributed by atoms with Gasteiger partial charge in [-0.15, -0.1) is 0 Å². The molecule has 112 valence electrons. The van der Waals surface area contributed by atoms with Crippen LogP contribution in [0.25, 0.3) is 0 Å². The Morgan fingerprint density at radius 1 is 1.38 bits per heavy atom. The summed E-state index contributed by atoms with van der Waals surface area (Å²) >= 11 is 6.10. The van der Waals surface area contributed by atoms with Gasteiger partial charge >= 0.3 is 6.03 Å². The number of halogens is 1. The molecule has 1 atom stereocenters. The van der Waals surface area contributed by atoms with E-state index in [1.54, 1.807) is 12.1 Å². The molecule has 0 bridgehead atoms. The number of carbonyl (C=O) groups is 2. The van der Waals surface area contributed by atoms with Crippen molar-refractivity contribution in [3.8, 4) is 11.5 Å². The van der Waals surface area contributed by atoms with E-state index in [4.69, 9.17) is 21.1 Å². The molecule has 6 nitrogen and oxygen atoms in total. The van der Waals surface area contributed by atoms with Crippen LogP contribution in [-0.4, -0.2) is 29.7 Å². The molecule has 1 N–H and O–H groups in total. The zero-order valence-electron chi connectivity index (χ0n) is 11.7. The summed E-state index contributed by atoms with van der Waals surface area (Å²) in [6.45, 7) is 4.06. The first kappa shape index (κ1) is 14.0. The van der Waals surface area contributed by atoms with Crippen LogP contribution >= 0.6 is 11.6 Å². The number of ether oxygens (including phenoxy) is 2. The van der Waals surface area contributed by atoms with Crippen LogP contribution in [0.4, 0.5) is 4.79 Å². The number of benzene rings is 1. The largest absolute Gasteiger partial charge is 0.454 e. The van der Waals surface area contributed by atoms with Crippen LogP contribution in [0.15, 0.2) is 12.1 Å². The predicted molar refractivity (Wildman–Crippen MR) is 75.3 cm³/mol. The molecule has 3 rings (SSSR count). The van der Waals surface area contributed by atoms with Crippen LogP contribution in [0.2, 0.25) is 5.02 Å². The minimum atomic E-state index is -0.470. The summed E-state index contributed by atoms with van der Waals surface area (Å²) in [5, 5.41) is 3.10. The number of rotatable bonds is 3. The highest BCUT2D eigenvalue weighted by molar-refractivity contribution is 6.32. The van der Waals surface area contributed by atoms with Crippen molar-refractivity contribution < 1.29 is 19.1 Å². The highest BCUT2D eigenvalue weighted by Gasteiger charge is 2.39. The number of nitrogens with zero attached hydrogens (tertiary/aromatic N) is 1. The molecule has 0 aromatic heterocycles. The molecule has 21 heavy (non-hydrogen) atoms. The molecule has 1 saturated heterocycles. The third-order valence-electron chi connectivity index (χ3n) is 3.55. The van der Waals surface area contributed by atoms with E-state index in [2.05, 4.69) is 5.32 Å². The maximum atomic E-state index is 12.2. The summed E-state index contributed by atoms with van der Waals surface area (Å²) in [4.78, 5) is 25.4. The minimum Gasteiger partial charge on any atom is -0.454 e. The number of carbonyl (C=O) groups excluding carboxylic acids is 2. The van der Waals surface area contributed by atoms with Gasteiger partial charge in [0.25, 0.3) is 5.91 Å². The van der Waals surface area contributed by atoms with Crippen LogP contribution in [0, 0.1) is 5.92 Å². The van der Waals surface area contributed by atoms with Gasteiger partial charge in [0.1, 0.15) is 6.04 Å². The number of fused-ring (bicyclic) bond motifs is 1. The second-order valence-electron chi connectivity index (χ2n) is 5.41. The van der Waals surface area contributed by atoms with Gasteiger partial charge in [-0.05, 0) is 23.6 Å². The Bertz CT molecular complexity index is 617. The van der Waals surface area contributed by atoms with Crippen LogP contribution in [-0.2, 0) is 11.3 Å². The topological polar surface area (TPSA) is 67.9 Å². The van der Waals surface area contributed by atoms with Crippen molar-refractivity contribution in [2.45, 2.75) is 26.4 Å². The lowest BCUT2D eigenvalue weighted by molar-refractivity contribution is -0.128. The maximum absolute atomic E-state index is 12.2. The smallest absolute Gasteiger partial charge is 0.325 e. The second-order valence-corrected chi connectivity index (χ2v) is 5.81. The van der Waals surface area contributed by atoms with E-state index < -0.39 is 6.04 Å². The van der Waals surface area contributed by atoms with Crippen molar-refractivity contribution in [1.29, 1.82) is 0 Å². The SMILES string of the molecule is CC(C)[C@H]1NC(=O)N(Cc2cc(Cl)c3c(c2)OCO3)C1=O. The van der Waals surface area contributed by atoms with Gasteiger partial charge in [0, 0.05) is 0 Å². The Labute approximate surface area is 127 Å². The molecule has 3 amide bonds. The van der Waals surface area contributed by atoms with Crippen LogP contribution in [0.1, 0.15) is 19.4 Å². The molecule has 0 aliphatic carbocycles. The lowest BCUT2D eigenvalue weighted by Gasteiger charge is -2.15. The molecule has 7 heteroatoms. The Balaban J connectivity index is 1.83. The van der Waals surface area contributed by atoms with Gasteiger partial charge < -0.3 is 14.8 Å². The third kappa shape index (κ3) is 2.40. The fourth-order valence-electron chi connectivity index (χ4n) is 2.44. The van der Waals surface area contributed by atoms with Crippen molar-refractivity contribution in [3.05, 3.63) is 22.7 Å². The van der Waals surface area contributed by atoms with E-state index >= 15 is 0 Å². The van der Waals surface area contributed by atoms with Gasteiger partial charge in [0.05, 0.1) is 11.6 Å². The quantitative estimate of drug-likeness (QED) is 0.869. The normalized spacial score (nSPS) is 20.4. The molecular formula is C14H15ClN2O4. The fourth-order valence-corrected chi connectivity index (χ4v) is 2.72. The molecule has 2 heterocycles. The Morgan fingerprint density at radius 2 is 2.14 bits per heavy atom. The fraction of sp³-hybridized carbons (Fsp3) is 0.429.